The number of aryl methyl sites for hydroxylation is 1. The first-order valence-corrected chi connectivity index (χ1v) is 10.8. The SMILES string of the molecule is Cc1ccc(Cn2cc(/C=C3/SC(=S)N(CCC(=O)O)C3=O)c3ccccc32)cc1. The Hall–Kier alpha value is -2.90. The summed E-state index contributed by atoms with van der Waals surface area (Å²) in [6.07, 6.45) is 3.78. The van der Waals surface area contributed by atoms with Crippen molar-refractivity contribution in [1.29, 1.82) is 0 Å². The minimum Gasteiger partial charge on any atom is -0.481 e. The molecule has 152 valence electrons. The van der Waals surface area contributed by atoms with Gasteiger partial charge in [-0.25, -0.2) is 0 Å². The summed E-state index contributed by atoms with van der Waals surface area (Å²) in [5.41, 5.74) is 4.46. The Kier molecular flexibility index (Phi) is 5.74. The molecule has 1 saturated heterocycles. The zero-order chi connectivity index (χ0) is 21.3. The van der Waals surface area contributed by atoms with Gasteiger partial charge in [-0.2, -0.15) is 0 Å². The standard InChI is InChI=1S/C23H20N2O3S2/c1-15-6-8-16(9-7-15)13-24-14-17(18-4-2-3-5-19(18)24)12-20-22(28)25(23(29)30-20)11-10-21(26)27/h2-9,12,14H,10-11,13H2,1H3,(H,26,27)/b20-12+. The van der Waals surface area contributed by atoms with E-state index in [1.54, 1.807) is 0 Å². The van der Waals surface area contributed by atoms with Crippen molar-refractivity contribution in [3.05, 3.63) is 76.3 Å². The summed E-state index contributed by atoms with van der Waals surface area (Å²) in [7, 11) is 0. The number of amides is 1. The molecule has 1 aromatic heterocycles. The fourth-order valence-corrected chi connectivity index (χ4v) is 4.75. The predicted molar refractivity (Wildman–Crippen MR) is 124 cm³/mol. The number of thiocarbonyl (C=S) groups is 1. The van der Waals surface area contributed by atoms with E-state index in [0.717, 1.165) is 23.0 Å². The second-order valence-corrected chi connectivity index (χ2v) is 8.87. The van der Waals surface area contributed by atoms with Crippen LogP contribution in [0, 0.1) is 6.92 Å². The van der Waals surface area contributed by atoms with E-state index in [1.807, 2.05) is 30.5 Å². The number of carboxylic acids is 1. The second-order valence-electron chi connectivity index (χ2n) is 7.19. The van der Waals surface area contributed by atoms with Gasteiger partial charge in [-0.15, -0.1) is 0 Å². The van der Waals surface area contributed by atoms with Gasteiger partial charge in [-0.1, -0.05) is 72.0 Å². The molecule has 0 spiro atoms. The number of hydrogen-bond donors (Lipinski definition) is 1. The van der Waals surface area contributed by atoms with Gasteiger partial charge < -0.3 is 9.67 Å². The predicted octanol–water partition coefficient (Wildman–Crippen LogP) is 4.67. The van der Waals surface area contributed by atoms with Crippen LogP contribution < -0.4 is 0 Å². The van der Waals surface area contributed by atoms with Crippen LogP contribution in [0.4, 0.5) is 0 Å². The lowest BCUT2D eigenvalue weighted by atomic mass is 10.1. The van der Waals surface area contributed by atoms with Crippen LogP contribution in [-0.2, 0) is 16.1 Å². The van der Waals surface area contributed by atoms with E-state index in [9.17, 15) is 9.59 Å². The van der Waals surface area contributed by atoms with Crippen LogP contribution in [0.5, 0.6) is 0 Å². The molecule has 5 nitrogen and oxygen atoms in total. The normalized spacial score (nSPS) is 15.5. The van der Waals surface area contributed by atoms with Gasteiger partial charge in [0.05, 0.1) is 11.3 Å². The number of aromatic nitrogens is 1. The Labute approximate surface area is 184 Å². The molecule has 1 N–H and O–H groups in total. The van der Waals surface area contributed by atoms with Crippen LogP contribution in [0.2, 0.25) is 0 Å². The van der Waals surface area contributed by atoms with Gasteiger partial charge >= 0.3 is 5.97 Å². The van der Waals surface area contributed by atoms with Gasteiger partial charge in [-0.05, 0) is 24.6 Å². The van der Waals surface area contributed by atoms with Gasteiger partial charge in [0.25, 0.3) is 5.91 Å². The highest BCUT2D eigenvalue weighted by atomic mass is 32.2. The van der Waals surface area contributed by atoms with Gasteiger partial charge in [0, 0.05) is 35.8 Å². The van der Waals surface area contributed by atoms with Gasteiger partial charge in [-0.3, -0.25) is 14.5 Å². The Morgan fingerprint density at radius 3 is 2.63 bits per heavy atom. The van der Waals surface area contributed by atoms with Crippen molar-refractivity contribution in [2.75, 3.05) is 6.54 Å². The molecule has 3 aromatic rings. The molecule has 1 aliphatic rings. The molecular weight excluding hydrogens is 416 g/mol. The van der Waals surface area contributed by atoms with Crippen LogP contribution in [0.1, 0.15) is 23.1 Å². The van der Waals surface area contributed by atoms with Crippen molar-refractivity contribution < 1.29 is 14.7 Å². The highest BCUT2D eigenvalue weighted by molar-refractivity contribution is 8.26. The van der Waals surface area contributed by atoms with Crippen molar-refractivity contribution in [2.24, 2.45) is 0 Å². The van der Waals surface area contributed by atoms with E-state index >= 15 is 0 Å². The highest BCUT2D eigenvalue weighted by Gasteiger charge is 2.32. The fourth-order valence-electron chi connectivity index (χ4n) is 3.45. The van der Waals surface area contributed by atoms with Gasteiger partial charge in [0.1, 0.15) is 4.32 Å². The fraction of sp³-hybridized carbons (Fsp3) is 0.174. The highest BCUT2D eigenvalue weighted by Crippen LogP contribution is 2.34. The van der Waals surface area contributed by atoms with E-state index in [4.69, 9.17) is 17.3 Å². The number of nitrogens with zero attached hydrogens (tertiary/aromatic N) is 2. The number of aliphatic carboxylic acids is 1. The summed E-state index contributed by atoms with van der Waals surface area (Å²) < 4.78 is 2.58. The molecule has 0 aliphatic carbocycles. The number of thioether (sulfide) groups is 1. The largest absolute Gasteiger partial charge is 0.481 e. The molecule has 2 aromatic carbocycles. The maximum atomic E-state index is 12.7. The van der Waals surface area contributed by atoms with Crippen molar-refractivity contribution in [3.8, 4) is 0 Å². The lowest BCUT2D eigenvalue weighted by Gasteiger charge is -2.12. The third-order valence-corrected chi connectivity index (χ3v) is 6.38. The molecule has 7 heteroatoms. The molecule has 0 unspecified atom stereocenters. The first-order valence-electron chi connectivity index (χ1n) is 9.53. The molecule has 4 rings (SSSR count). The molecule has 0 bridgehead atoms. The monoisotopic (exact) mass is 436 g/mol. The first-order chi connectivity index (χ1) is 14.4. The van der Waals surface area contributed by atoms with Crippen LogP contribution in [0.15, 0.2) is 59.6 Å². The van der Waals surface area contributed by atoms with Crippen molar-refractivity contribution in [1.82, 2.24) is 9.47 Å². The van der Waals surface area contributed by atoms with E-state index in [2.05, 4.69) is 41.8 Å². The quantitative estimate of drug-likeness (QED) is 0.449. The Balaban J connectivity index is 1.66. The minimum atomic E-state index is -0.952. The second kappa shape index (κ2) is 8.45. The van der Waals surface area contributed by atoms with Crippen LogP contribution in [0.3, 0.4) is 0 Å². The lowest BCUT2D eigenvalue weighted by Crippen LogP contribution is -2.30. The third-order valence-electron chi connectivity index (χ3n) is 5.00. The Morgan fingerprint density at radius 2 is 1.90 bits per heavy atom. The number of carbonyl (C=O) groups is 2. The number of rotatable bonds is 6. The summed E-state index contributed by atoms with van der Waals surface area (Å²) in [6.45, 7) is 2.89. The zero-order valence-electron chi connectivity index (χ0n) is 16.4. The maximum Gasteiger partial charge on any atom is 0.305 e. The van der Waals surface area contributed by atoms with E-state index in [1.165, 1.54) is 27.8 Å². The average molecular weight is 437 g/mol. The maximum absolute atomic E-state index is 12.7. The number of benzene rings is 2. The summed E-state index contributed by atoms with van der Waals surface area (Å²) in [5.74, 6) is -1.19. The molecule has 1 amide bonds. The van der Waals surface area contributed by atoms with Crippen molar-refractivity contribution >= 4 is 57.2 Å². The topological polar surface area (TPSA) is 62.5 Å². The molecule has 2 heterocycles. The molecule has 0 saturated carbocycles. The summed E-state index contributed by atoms with van der Waals surface area (Å²) in [4.78, 5) is 25.5. The van der Waals surface area contributed by atoms with Crippen molar-refractivity contribution in [2.45, 2.75) is 19.9 Å². The van der Waals surface area contributed by atoms with Crippen LogP contribution >= 0.6 is 24.0 Å². The minimum absolute atomic E-state index is 0.0898. The van der Waals surface area contributed by atoms with Gasteiger partial charge in [0.2, 0.25) is 0 Å². The number of hydrogen-bond acceptors (Lipinski definition) is 4. The van der Waals surface area contributed by atoms with Crippen LogP contribution in [-0.4, -0.2) is 37.3 Å². The van der Waals surface area contributed by atoms with E-state index in [-0.39, 0.29) is 18.9 Å². The smallest absolute Gasteiger partial charge is 0.305 e. The van der Waals surface area contributed by atoms with Gasteiger partial charge in [0.15, 0.2) is 0 Å². The Bertz CT molecular complexity index is 1180. The van der Waals surface area contributed by atoms with E-state index < -0.39 is 5.97 Å². The number of carbonyl (C=O) groups excluding carboxylic acids is 1. The molecular formula is C23H20N2O3S2. The summed E-state index contributed by atoms with van der Waals surface area (Å²) in [6, 6.07) is 16.5. The molecule has 1 aliphatic heterocycles. The third kappa shape index (κ3) is 4.17. The summed E-state index contributed by atoms with van der Waals surface area (Å²) >= 11 is 6.51. The molecule has 1 fully saturated rings. The molecule has 0 atom stereocenters. The summed E-state index contributed by atoms with van der Waals surface area (Å²) in [5, 5.41) is 9.96. The number of fused-ring (bicyclic) bond motifs is 1. The zero-order valence-corrected chi connectivity index (χ0v) is 18.0. The lowest BCUT2D eigenvalue weighted by molar-refractivity contribution is -0.137. The van der Waals surface area contributed by atoms with Crippen molar-refractivity contribution in [3.63, 3.8) is 0 Å². The van der Waals surface area contributed by atoms with E-state index in [0.29, 0.717) is 9.23 Å². The molecule has 30 heavy (non-hydrogen) atoms. The van der Waals surface area contributed by atoms with Crippen LogP contribution in [0.25, 0.3) is 17.0 Å². The number of carboxylic acid groups (broad SMARTS) is 1. The first kappa shape index (κ1) is 20.4. The number of para-hydroxylation sites is 1. The molecule has 0 radical (unpaired) electrons. The Morgan fingerprint density at radius 1 is 1.17 bits per heavy atom. The average Bonchev–Trinajstić information content (AvgIpc) is 3.19.